The van der Waals surface area contributed by atoms with Gasteiger partial charge in [-0.05, 0) is 62.9 Å². The summed E-state index contributed by atoms with van der Waals surface area (Å²) in [6, 6.07) is 0. The van der Waals surface area contributed by atoms with E-state index < -0.39 is 28.3 Å². The van der Waals surface area contributed by atoms with Gasteiger partial charge in [0.25, 0.3) is 0 Å². The van der Waals surface area contributed by atoms with Crippen molar-refractivity contribution in [2.45, 2.75) is 63.9 Å². The van der Waals surface area contributed by atoms with E-state index in [0.29, 0.717) is 32.1 Å². The molecule has 0 aromatic rings. The fourth-order valence-electron chi connectivity index (χ4n) is 7.03. The van der Waals surface area contributed by atoms with Gasteiger partial charge >= 0.3 is 5.97 Å². The molecule has 0 spiro atoms. The largest absolute Gasteiger partial charge is 0.481 e. The van der Waals surface area contributed by atoms with E-state index in [4.69, 9.17) is 0 Å². The molecular formula is C20H28O5. The molecule has 0 heterocycles. The number of aliphatic hydroxyl groups excluding tert-OH is 1. The average Bonchev–Trinajstić information content (AvgIpc) is 2.86. The average molecular weight is 348 g/mol. The van der Waals surface area contributed by atoms with Gasteiger partial charge < -0.3 is 15.3 Å². The molecule has 3 N–H and O–H groups in total. The number of rotatable bonds is 2. The topological polar surface area (TPSA) is 94.8 Å². The summed E-state index contributed by atoms with van der Waals surface area (Å²) in [4.78, 5) is 23.6. The normalized spacial score (nSPS) is 49.0. The Morgan fingerprint density at radius 3 is 2.60 bits per heavy atom. The van der Waals surface area contributed by atoms with Gasteiger partial charge in [-0.3, -0.25) is 9.59 Å². The van der Waals surface area contributed by atoms with Crippen molar-refractivity contribution in [3.05, 3.63) is 11.6 Å². The van der Waals surface area contributed by atoms with Crippen molar-refractivity contribution in [2.75, 3.05) is 6.61 Å². The third-order valence-corrected chi connectivity index (χ3v) is 8.45. The fourth-order valence-corrected chi connectivity index (χ4v) is 7.03. The molecule has 6 unspecified atom stereocenters. The quantitative estimate of drug-likeness (QED) is 0.712. The molecule has 4 aliphatic rings. The van der Waals surface area contributed by atoms with Crippen molar-refractivity contribution in [3.63, 3.8) is 0 Å². The molecule has 0 amide bonds. The van der Waals surface area contributed by atoms with Gasteiger partial charge in [0.05, 0.1) is 18.1 Å². The van der Waals surface area contributed by atoms with Crippen molar-refractivity contribution in [1.82, 2.24) is 0 Å². The highest BCUT2D eigenvalue weighted by atomic mass is 16.4. The molecule has 0 saturated heterocycles. The number of ketones is 1. The molecule has 5 nitrogen and oxygen atoms in total. The first-order chi connectivity index (χ1) is 11.8. The number of hydrogen-bond donors (Lipinski definition) is 3. The van der Waals surface area contributed by atoms with Gasteiger partial charge in [0.1, 0.15) is 0 Å². The molecule has 0 aromatic carbocycles. The Morgan fingerprint density at radius 1 is 1.16 bits per heavy atom. The molecule has 3 fully saturated rings. The van der Waals surface area contributed by atoms with Gasteiger partial charge in [0.2, 0.25) is 0 Å². The van der Waals surface area contributed by atoms with Crippen molar-refractivity contribution in [3.8, 4) is 0 Å². The molecule has 0 aromatic heterocycles. The minimum atomic E-state index is -0.978. The van der Waals surface area contributed by atoms with E-state index in [1.165, 1.54) is 0 Å². The second-order valence-corrected chi connectivity index (χ2v) is 9.01. The van der Waals surface area contributed by atoms with Crippen LogP contribution < -0.4 is 0 Å². The first kappa shape index (κ1) is 17.2. The second kappa shape index (κ2) is 5.40. The van der Waals surface area contributed by atoms with Gasteiger partial charge in [-0.15, -0.1) is 0 Å². The van der Waals surface area contributed by atoms with Crippen LogP contribution in [0, 0.1) is 28.6 Å². The Balaban J connectivity index is 1.75. The summed E-state index contributed by atoms with van der Waals surface area (Å²) in [5.74, 6) is -1.00. The highest BCUT2D eigenvalue weighted by molar-refractivity contribution is 5.91. The molecule has 6 atom stereocenters. The van der Waals surface area contributed by atoms with Gasteiger partial charge in [-0.25, -0.2) is 0 Å². The molecule has 0 aliphatic heterocycles. The summed E-state index contributed by atoms with van der Waals surface area (Å²) in [7, 11) is 0. The van der Waals surface area contributed by atoms with Crippen LogP contribution in [0.5, 0.6) is 0 Å². The van der Waals surface area contributed by atoms with Gasteiger partial charge in [0.15, 0.2) is 5.78 Å². The van der Waals surface area contributed by atoms with E-state index in [1.54, 1.807) is 6.08 Å². The minimum absolute atomic E-state index is 0.00750. The van der Waals surface area contributed by atoms with Crippen LogP contribution in [-0.2, 0) is 9.59 Å². The van der Waals surface area contributed by atoms with Gasteiger partial charge in [-0.2, -0.15) is 0 Å². The summed E-state index contributed by atoms with van der Waals surface area (Å²) in [5, 5.41) is 31.7. The van der Waals surface area contributed by atoms with Crippen LogP contribution >= 0.6 is 0 Å². The van der Waals surface area contributed by atoms with Crippen LogP contribution in [-0.4, -0.2) is 39.3 Å². The SMILES string of the molecule is CC12CCC3C(CCC4=CC(=O)CCC43CO)C1(O)CCC2C(=O)O. The molecule has 4 rings (SSSR count). The summed E-state index contributed by atoms with van der Waals surface area (Å²) < 4.78 is 0. The van der Waals surface area contributed by atoms with E-state index in [0.717, 1.165) is 24.8 Å². The third-order valence-electron chi connectivity index (χ3n) is 8.45. The molecule has 0 bridgehead atoms. The Labute approximate surface area is 148 Å². The second-order valence-electron chi connectivity index (χ2n) is 9.01. The van der Waals surface area contributed by atoms with Crippen molar-refractivity contribution in [1.29, 1.82) is 0 Å². The lowest BCUT2D eigenvalue weighted by Crippen LogP contribution is -2.62. The zero-order valence-corrected chi connectivity index (χ0v) is 14.8. The van der Waals surface area contributed by atoms with Gasteiger partial charge in [0, 0.05) is 17.3 Å². The maximum Gasteiger partial charge on any atom is 0.307 e. The van der Waals surface area contributed by atoms with Crippen LogP contribution in [0.15, 0.2) is 11.6 Å². The van der Waals surface area contributed by atoms with E-state index in [2.05, 4.69) is 0 Å². The highest BCUT2D eigenvalue weighted by Crippen LogP contribution is 2.68. The predicted molar refractivity (Wildman–Crippen MR) is 90.7 cm³/mol. The van der Waals surface area contributed by atoms with Crippen LogP contribution in [0.4, 0.5) is 0 Å². The zero-order chi connectivity index (χ0) is 18.0. The van der Waals surface area contributed by atoms with E-state index in [1.807, 2.05) is 6.92 Å². The van der Waals surface area contributed by atoms with E-state index >= 15 is 0 Å². The van der Waals surface area contributed by atoms with Crippen LogP contribution in [0.3, 0.4) is 0 Å². The number of carboxylic acids is 1. The molecule has 3 saturated carbocycles. The Bertz CT molecular complexity index is 654. The summed E-state index contributed by atoms with van der Waals surface area (Å²) in [6.45, 7) is 1.97. The lowest BCUT2D eigenvalue weighted by Gasteiger charge is -2.61. The van der Waals surface area contributed by atoms with Crippen molar-refractivity contribution < 1.29 is 24.9 Å². The fraction of sp³-hybridized carbons (Fsp3) is 0.800. The molecule has 138 valence electrons. The van der Waals surface area contributed by atoms with Crippen molar-refractivity contribution in [2.24, 2.45) is 28.6 Å². The predicted octanol–water partition coefficient (Wildman–Crippen LogP) is 2.31. The summed E-state index contributed by atoms with van der Waals surface area (Å²) >= 11 is 0. The number of carbonyl (C=O) groups is 2. The summed E-state index contributed by atoms with van der Waals surface area (Å²) in [6.07, 6.45) is 6.91. The standard InChI is InChI=1S/C20H28O5/c1-18-7-5-14-15(20(18,25)9-6-16(18)17(23)24)3-2-12-10-13(22)4-8-19(12,14)11-21/h10,14-16,21,25H,2-9,11H2,1H3,(H,23,24). The number of aliphatic carboxylic acids is 1. The van der Waals surface area contributed by atoms with Crippen LogP contribution in [0.1, 0.15) is 58.3 Å². The Hall–Kier alpha value is -1.20. The molecule has 5 heteroatoms. The zero-order valence-electron chi connectivity index (χ0n) is 14.8. The number of fused-ring (bicyclic) bond motifs is 5. The first-order valence-corrected chi connectivity index (χ1v) is 9.58. The lowest BCUT2D eigenvalue weighted by molar-refractivity contribution is -0.195. The van der Waals surface area contributed by atoms with Gasteiger partial charge in [-0.1, -0.05) is 12.5 Å². The summed E-state index contributed by atoms with van der Waals surface area (Å²) in [5.41, 5.74) is -0.904. The number of carboxylic acid groups (broad SMARTS) is 1. The monoisotopic (exact) mass is 348 g/mol. The maximum absolute atomic E-state index is 11.9. The van der Waals surface area contributed by atoms with E-state index in [-0.39, 0.29) is 24.2 Å². The molecular weight excluding hydrogens is 320 g/mol. The Morgan fingerprint density at radius 2 is 1.92 bits per heavy atom. The number of carbonyl (C=O) groups excluding carboxylic acids is 1. The first-order valence-electron chi connectivity index (χ1n) is 9.58. The van der Waals surface area contributed by atoms with Crippen molar-refractivity contribution >= 4 is 11.8 Å². The van der Waals surface area contributed by atoms with E-state index in [9.17, 15) is 24.9 Å². The molecule has 0 radical (unpaired) electrons. The minimum Gasteiger partial charge on any atom is -0.481 e. The third kappa shape index (κ3) is 2.02. The Kier molecular flexibility index (Phi) is 3.72. The molecule has 4 aliphatic carbocycles. The number of hydrogen-bond acceptors (Lipinski definition) is 4. The smallest absolute Gasteiger partial charge is 0.307 e. The molecule has 25 heavy (non-hydrogen) atoms. The lowest BCUT2D eigenvalue weighted by atomic mass is 9.45. The highest BCUT2D eigenvalue weighted by Gasteiger charge is 2.68. The van der Waals surface area contributed by atoms with Crippen LogP contribution in [0.25, 0.3) is 0 Å². The maximum atomic E-state index is 11.9. The van der Waals surface area contributed by atoms with Crippen LogP contribution in [0.2, 0.25) is 0 Å². The number of aliphatic hydroxyl groups is 2.